The van der Waals surface area contributed by atoms with E-state index in [1.807, 2.05) is 0 Å². The van der Waals surface area contributed by atoms with Crippen LogP contribution >= 0.6 is 0 Å². The van der Waals surface area contributed by atoms with Crippen LogP contribution in [0.1, 0.15) is 24.2 Å². The zero-order valence-electron chi connectivity index (χ0n) is 9.81. The second kappa shape index (κ2) is 4.90. The van der Waals surface area contributed by atoms with Crippen molar-refractivity contribution in [2.75, 3.05) is 7.05 Å². The summed E-state index contributed by atoms with van der Waals surface area (Å²) in [6, 6.07) is 2.73. The van der Waals surface area contributed by atoms with Crippen LogP contribution in [0.4, 0.5) is 10.1 Å². The Labute approximate surface area is 98.0 Å². The highest BCUT2D eigenvalue weighted by Crippen LogP contribution is 2.21. The van der Waals surface area contributed by atoms with Crippen molar-refractivity contribution in [2.45, 2.75) is 19.9 Å². The highest BCUT2D eigenvalue weighted by molar-refractivity contribution is 5.98. The Hall–Kier alpha value is -1.98. The van der Waals surface area contributed by atoms with Gasteiger partial charge >= 0.3 is 0 Å². The smallest absolute Gasteiger partial charge is 0.282 e. The van der Waals surface area contributed by atoms with Gasteiger partial charge in [0.1, 0.15) is 11.4 Å². The Bertz CT molecular complexity index is 460. The van der Waals surface area contributed by atoms with Gasteiger partial charge in [-0.3, -0.25) is 14.9 Å². The van der Waals surface area contributed by atoms with E-state index in [1.54, 1.807) is 13.8 Å². The number of hydrogen-bond donors (Lipinski definition) is 0. The predicted octanol–water partition coefficient (Wildman–Crippen LogP) is 2.21. The summed E-state index contributed by atoms with van der Waals surface area (Å²) >= 11 is 0. The minimum atomic E-state index is -0.694. The average molecular weight is 240 g/mol. The van der Waals surface area contributed by atoms with Crippen LogP contribution in [0.5, 0.6) is 0 Å². The molecule has 0 bridgehead atoms. The summed E-state index contributed by atoms with van der Waals surface area (Å²) in [5, 5.41) is 10.7. The van der Waals surface area contributed by atoms with Crippen LogP contribution < -0.4 is 0 Å². The maximum absolute atomic E-state index is 13.0. The summed E-state index contributed by atoms with van der Waals surface area (Å²) in [6.07, 6.45) is 0. The SMILES string of the molecule is CC(C)N(C)C(=O)c1cc(F)ccc1[N+](=O)[O-]. The first-order valence-corrected chi connectivity index (χ1v) is 5.05. The van der Waals surface area contributed by atoms with Crippen LogP contribution in [0.3, 0.4) is 0 Å². The van der Waals surface area contributed by atoms with Crippen molar-refractivity contribution >= 4 is 11.6 Å². The summed E-state index contributed by atoms with van der Waals surface area (Å²) in [7, 11) is 1.52. The van der Waals surface area contributed by atoms with Crippen molar-refractivity contribution in [2.24, 2.45) is 0 Å². The molecule has 1 aromatic rings. The lowest BCUT2D eigenvalue weighted by Gasteiger charge is -2.21. The van der Waals surface area contributed by atoms with Crippen LogP contribution in [-0.4, -0.2) is 28.8 Å². The molecule has 0 aliphatic rings. The molecule has 1 aromatic carbocycles. The number of rotatable bonds is 3. The van der Waals surface area contributed by atoms with Crippen LogP contribution in [0.25, 0.3) is 0 Å². The second-order valence-corrected chi connectivity index (χ2v) is 3.93. The topological polar surface area (TPSA) is 63.5 Å². The molecule has 0 aromatic heterocycles. The number of carbonyl (C=O) groups excluding carboxylic acids is 1. The molecule has 0 unspecified atom stereocenters. The summed E-state index contributed by atoms with van der Waals surface area (Å²) < 4.78 is 13.0. The van der Waals surface area contributed by atoms with E-state index in [0.717, 1.165) is 18.2 Å². The van der Waals surface area contributed by atoms with Gasteiger partial charge < -0.3 is 4.90 Å². The molecular weight excluding hydrogens is 227 g/mol. The van der Waals surface area contributed by atoms with E-state index < -0.39 is 16.6 Å². The van der Waals surface area contributed by atoms with Gasteiger partial charge in [0, 0.05) is 19.2 Å². The first kappa shape index (κ1) is 13.1. The van der Waals surface area contributed by atoms with E-state index in [-0.39, 0.29) is 17.3 Å². The van der Waals surface area contributed by atoms with E-state index in [2.05, 4.69) is 0 Å². The van der Waals surface area contributed by atoms with Gasteiger partial charge in [-0.05, 0) is 26.0 Å². The van der Waals surface area contributed by atoms with E-state index in [9.17, 15) is 19.3 Å². The van der Waals surface area contributed by atoms with Gasteiger partial charge in [-0.15, -0.1) is 0 Å². The van der Waals surface area contributed by atoms with Gasteiger partial charge in [0.05, 0.1) is 4.92 Å². The maximum atomic E-state index is 13.0. The third kappa shape index (κ3) is 2.77. The van der Waals surface area contributed by atoms with Gasteiger partial charge in [0.25, 0.3) is 11.6 Å². The third-order valence-electron chi connectivity index (χ3n) is 2.48. The summed E-state index contributed by atoms with van der Waals surface area (Å²) in [6.45, 7) is 3.53. The molecule has 0 fully saturated rings. The van der Waals surface area contributed by atoms with E-state index in [1.165, 1.54) is 11.9 Å². The predicted molar refractivity (Wildman–Crippen MR) is 60.3 cm³/mol. The number of nitro groups is 1. The van der Waals surface area contributed by atoms with Crippen LogP contribution in [0.2, 0.25) is 0 Å². The van der Waals surface area contributed by atoms with E-state index >= 15 is 0 Å². The minimum Gasteiger partial charge on any atom is -0.339 e. The number of nitrogens with zero attached hydrogens (tertiary/aromatic N) is 2. The molecule has 0 heterocycles. The average Bonchev–Trinajstić information content (AvgIpc) is 2.26. The Morgan fingerprint density at radius 1 is 1.47 bits per heavy atom. The molecular formula is C11H13FN2O3. The van der Waals surface area contributed by atoms with Gasteiger partial charge in [-0.1, -0.05) is 0 Å². The molecule has 0 N–H and O–H groups in total. The van der Waals surface area contributed by atoms with Crippen LogP contribution in [0, 0.1) is 15.9 Å². The molecule has 0 atom stereocenters. The van der Waals surface area contributed by atoms with Crippen LogP contribution in [0.15, 0.2) is 18.2 Å². The first-order valence-electron chi connectivity index (χ1n) is 5.05. The summed E-state index contributed by atoms with van der Waals surface area (Å²) in [5.41, 5.74) is -0.616. The maximum Gasteiger partial charge on any atom is 0.282 e. The van der Waals surface area contributed by atoms with Crippen molar-refractivity contribution in [3.8, 4) is 0 Å². The number of carbonyl (C=O) groups is 1. The lowest BCUT2D eigenvalue weighted by atomic mass is 10.1. The van der Waals surface area contributed by atoms with Crippen molar-refractivity contribution in [1.82, 2.24) is 4.90 Å². The molecule has 1 amide bonds. The van der Waals surface area contributed by atoms with E-state index in [4.69, 9.17) is 0 Å². The quantitative estimate of drug-likeness (QED) is 0.601. The van der Waals surface area contributed by atoms with Crippen molar-refractivity contribution in [1.29, 1.82) is 0 Å². The molecule has 0 spiro atoms. The zero-order valence-corrected chi connectivity index (χ0v) is 9.81. The first-order chi connectivity index (χ1) is 7.84. The Balaban J connectivity index is 3.24. The lowest BCUT2D eigenvalue weighted by Crippen LogP contribution is -2.33. The molecule has 0 radical (unpaired) electrons. The number of nitro benzene ring substituents is 1. The number of benzene rings is 1. The third-order valence-corrected chi connectivity index (χ3v) is 2.48. The Morgan fingerprint density at radius 3 is 2.53 bits per heavy atom. The van der Waals surface area contributed by atoms with Crippen molar-refractivity contribution in [3.05, 3.63) is 39.7 Å². The molecule has 0 saturated heterocycles. The molecule has 92 valence electrons. The number of halogens is 1. The minimum absolute atomic E-state index is 0.120. The van der Waals surface area contributed by atoms with Gasteiger partial charge in [0.2, 0.25) is 0 Å². The molecule has 17 heavy (non-hydrogen) atoms. The zero-order chi connectivity index (χ0) is 13.2. The number of amides is 1. The van der Waals surface area contributed by atoms with Gasteiger partial charge in [-0.25, -0.2) is 4.39 Å². The van der Waals surface area contributed by atoms with E-state index in [0.29, 0.717) is 0 Å². The van der Waals surface area contributed by atoms with Gasteiger partial charge in [-0.2, -0.15) is 0 Å². The fourth-order valence-corrected chi connectivity index (χ4v) is 1.26. The highest BCUT2D eigenvalue weighted by Gasteiger charge is 2.24. The van der Waals surface area contributed by atoms with Crippen molar-refractivity contribution < 1.29 is 14.1 Å². The molecule has 0 saturated carbocycles. The van der Waals surface area contributed by atoms with Crippen LogP contribution in [-0.2, 0) is 0 Å². The monoisotopic (exact) mass is 240 g/mol. The normalized spacial score (nSPS) is 10.4. The molecule has 1 rings (SSSR count). The molecule has 6 heteroatoms. The fourth-order valence-electron chi connectivity index (χ4n) is 1.26. The summed E-state index contributed by atoms with van der Waals surface area (Å²) in [5.74, 6) is -1.23. The Kier molecular flexibility index (Phi) is 3.77. The molecule has 0 aliphatic heterocycles. The standard InChI is InChI=1S/C11H13FN2O3/c1-7(2)13(3)11(15)9-6-8(12)4-5-10(9)14(16)17/h4-7H,1-3H3. The largest absolute Gasteiger partial charge is 0.339 e. The fraction of sp³-hybridized carbons (Fsp3) is 0.364. The molecule has 0 aliphatic carbocycles. The number of hydrogen-bond acceptors (Lipinski definition) is 3. The van der Waals surface area contributed by atoms with Gasteiger partial charge in [0.15, 0.2) is 0 Å². The summed E-state index contributed by atoms with van der Waals surface area (Å²) in [4.78, 5) is 23.3. The lowest BCUT2D eigenvalue weighted by molar-refractivity contribution is -0.385. The Morgan fingerprint density at radius 2 is 2.06 bits per heavy atom. The highest BCUT2D eigenvalue weighted by atomic mass is 19.1. The van der Waals surface area contributed by atoms with Crippen molar-refractivity contribution in [3.63, 3.8) is 0 Å². The second-order valence-electron chi connectivity index (χ2n) is 3.93. The molecule has 5 nitrogen and oxygen atoms in total.